The number of anilines is 1. The van der Waals surface area contributed by atoms with Crippen LogP contribution in [0.15, 0.2) is 18.2 Å². The third kappa shape index (κ3) is 2.96. The van der Waals surface area contributed by atoms with Crippen molar-refractivity contribution in [2.75, 3.05) is 18.5 Å². The average molecular weight is 220 g/mol. The minimum atomic E-state index is -0.458. The Kier molecular flexibility index (Phi) is 3.54. The molecule has 0 N–H and O–H groups in total. The van der Waals surface area contributed by atoms with Crippen LogP contribution in [-0.2, 0) is 0 Å². The Bertz CT molecular complexity index is 413. The number of hydrogen-bond acceptors (Lipinski definition) is 2. The molecule has 1 aromatic rings. The van der Waals surface area contributed by atoms with E-state index < -0.39 is 5.82 Å². The Hall–Kier alpha value is -1.56. The lowest BCUT2D eigenvalue weighted by Crippen LogP contribution is -2.29. The minimum absolute atomic E-state index is 0.105. The SMILES string of the molecule is CN(CC(C)(C)C)c1cccc(F)c1C#N. The van der Waals surface area contributed by atoms with Crippen molar-refractivity contribution in [3.8, 4) is 6.07 Å². The Morgan fingerprint density at radius 1 is 1.38 bits per heavy atom. The molecule has 0 amide bonds. The largest absolute Gasteiger partial charge is 0.373 e. The highest BCUT2D eigenvalue weighted by Crippen LogP contribution is 2.24. The van der Waals surface area contributed by atoms with E-state index in [1.807, 2.05) is 18.0 Å². The smallest absolute Gasteiger partial charge is 0.143 e. The molecule has 0 fully saturated rings. The van der Waals surface area contributed by atoms with E-state index in [1.54, 1.807) is 12.1 Å². The quantitative estimate of drug-likeness (QED) is 0.765. The topological polar surface area (TPSA) is 27.0 Å². The molecule has 1 aromatic carbocycles. The van der Waals surface area contributed by atoms with Crippen LogP contribution in [0.4, 0.5) is 10.1 Å². The van der Waals surface area contributed by atoms with Gasteiger partial charge in [-0.3, -0.25) is 0 Å². The van der Waals surface area contributed by atoms with Gasteiger partial charge in [0.1, 0.15) is 17.4 Å². The summed E-state index contributed by atoms with van der Waals surface area (Å²) >= 11 is 0. The molecule has 0 saturated heterocycles. The van der Waals surface area contributed by atoms with Gasteiger partial charge < -0.3 is 4.90 Å². The molecule has 0 radical (unpaired) electrons. The molecule has 0 aliphatic heterocycles. The fraction of sp³-hybridized carbons (Fsp3) is 0.462. The first kappa shape index (κ1) is 12.5. The van der Waals surface area contributed by atoms with Gasteiger partial charge in [0, 0.05) is 13.6 Å². The van der Waals surface area contributed by atoms with Crippen molar-refractivity contribution in [3.05, 3.63) is 29.6 Å². The first-order valence-corrected chi connectivity index (χ1v) is 5.25. The summed E-state index contributed by atoms with van der Waals surface area (Å²) in [6, 6.07) is 6.63. The number of nitriles is 1. The van der Waals surface area contributed by atoms with Gasteiger partial charge >= 0.3 is 0 Å². The summed E-state index contributed by atoms with van der Waals surface area (Å²) in [4.78, 5) is 1.92. The molecule has 0 aromatic heterocycles. The van der Waals surface area contributed by atoms with Crippen LogP contribution in [0.2, 0.25) is 0 Å². The van der Waals surface area contributed by atoms with Crippen LogP contribution in [0.3, 0.4) is 0 Å². The lowest BCUT2D eigenvalue weighted by molar-refractivity contribution is 0.418. The number of rotatable bonds is 2. The minimum Gasteiger partial charge on any atom is -0.373 e. The molecule has 0 aliphatic carbocycles. The zero-order chi connectivity index (χ0) is 12.3. The van der Waals surface area contributed by atoms with E-state index in [4.69, 9.17) is 5.26 Å². The summed E-state index contributed by atoms with van der Waals surface area (Å²) in [5.41, 5.74) is 0.875. The summed E-state index contributed by atoms with van der Waals surface area (Å²) in [5.74, 6) is -0.458. The molecule has 0 heterocycles. The van der Waals surface area contributed by atoms with Crippen molar-refractivity contribution in [2.24, 2.45) is 5.41 Å². The van der Waals surface area contributed by atoms with Gasteiger partial charge in [-0.05, 0) is 17.5 Å². The standard InChI is InChI=1S/C13H17FN2/c1-13(2,3)9-16(4)12-7-5-6-11(14)10(12)8-15/h5-7H,9H2,1-4H3. The van der Waals surface area contributed by atoms with Gasteiger partial charge in [0.05, 0.1) is 5.69 Å². The van der Waals surface area contributed by atoms with Crippen LogP contribution in [0.5, 0.6) is 0 Å². The molecule has 0 saturated carbocycles. The second-order valence-corrected chi connectivity index (χ2v) is 5.16. The Labute approximate surface area is 96.3 Å². The van der Waals surface area contributed by atoms with Gasteiger partial charge in [0.25, 0.3) is 0 Å². The van der Waals surface area contributed by atoms with Gasteiger partial charge in [-0.15, -0.1) is 0 Å². The first-order chi connectivity index (χ1) is 7.35. The van der Waals surface area contributed by atoms with Crippen LogP contribution >= 0.6 is 0 Å². The van der Waals surface area contributed by atoms with E-state index >= 15 is 0 Å². The molecular formula is C13H17FN2. The van der Waals surface area contributed by atoms with Crippen molar-refractivity contribution >= 4 is 5.69 Å². The Balaban J connectivity index is 3.05. The van der Waals surface area contributed by atoms with Crippen LogP contribution in [0.25, 0.3) is 0 Å². The summed E-state index contributed by atoms with van der Waals surface area (Å²) in [7, 11) is 1.88. The van der Waals surface area contributed by atoms with Gasteiger partial charge in [0.2, 0.25) is 0 Å². The molecule has 2 nitrogen and oxygen atoms in total. The third-order valence-corrected chi connectivity index (χ3v) is 2.23. The van der Waals surface area contributed by atoms with Gasteiger partial charge in [-0.25, -0.2) is 4.39 Å². The van der Waals surface area contributed by atoms with E-state index in [0.717, 1.165) is 6.54 Å². The van der Waals surface area contributed by atoms with Crippen molar-refractivity contribution < 1.29 is 4.39 Å². The fourth-order valence-electron chi connectivity index (χ4n) is 1.74. The predicted molar refractivity (Wildman–Crippen MR) is 63.8 cm³/mol. The molecule has 86 valence electrons. The normalized spacial score (nSPS) is 11.0. The number of nitrogens with zero attached hydrogens (tertiary/aromatic N) is 2. The summed E-state index contributed by atoms with van der Waals surface area (Å²) in [6.07, 6.45) is 0. The molecule has 0 bridgehead atoms. The number of benzene rings is 1. The van der Waals surface area contributed by atoms with Crippen LogP contribution in [0.1, 0.15) is 26.3 Å². The van der Waals surface area contributed by atoms with Crippen LogP contribution in [0, 0.1) is 22.6 Å². The highest BCUT2D eigenvalue weighted by molar-refractivity contribution is 5.59. The summed E-state index contributed by atoms with van der Waals surface area (Å²) < 4.78 is 13.4. The van der Waals surface area contributed by atoms with Gasteiger partial charge in [0.15, 0.2) is 0 Å². The summed E-state index contributed by atoms with van der Waals surface area (Å²) in [6.45, 7) is 7.09. The Morgan fingerprint density at radius 2 is 2.00 bits per heavy atom. The lowest BCUT2D eigenvalue weighted by atomic mass is 9.96. The maximum Gasteiger partial charge on any atom is 0.143 e. The van der Waals surface area contributed by atoms with E-state index in [2.05, 4.69) is 20.8 Å². The summed E-state index contributed by atoms with van der Waals surface area (Å²) in [5, 5.41) is 8.93. The molecule has 0 spiro atoms. The zero-order valence-corrected chi connectivity index (χ0v) is 10.2. The second kappa shape index (κ2) is 4.52. The maximum atomic E-state index is 13.4. The fourth-order valence-corrected chi connectivity index (χ4v) is 1.74. The molecule has 0 atom stereocenters. The monoisotopic (exact) mass is 220 g/mol. The van der Waals surface area contributed by atoms with Crippen molar-refractivity contribution in [1.29, 1.82) is 5.26 Å². The van der Waals surface area contributed by atoms with Crippen molar-refractivity contribution in [3.63, 3.8) is 0 Å². The predicted octanol–water partition coefficient (Wildman–Crippen LogP) is 3.18. The molecule has 0 aliphatic rings. The lowest BCUT2D eigenvalue weighted by Gasteiger charge is -2.28. The number of hydrogen-bond donors (Lipinski definition) is 0. The average Bonchev–Trinajstić information content (AvgIpc) is 2.14. The van der Waals surface area contributed by atoms with E-state index in [0.29, 0.717) is 5.69 Å². The van der Waals surface area contributed by atoms with Gasteiger partial charge in [-0.2, -0.15) is 5.26 Å². The first-order valence-electron chi connectivity index (χ1n) is 5.25. The van der Waals surface area contributed by atoms with Crippen LogP contribution < -0.4 is 4.90 Å². The molecule has 3 heteroatoms. The molecule has 1 rings (SSSR count). The highest BCUT2D eigenvalue weighted by Gasteiger charge is 2.17. The Morgan fingerprint density at radius 3 is 2.50 bits per heavy atom. The second-order valence-electron chi connectivity index (χ2n) is 5.16. The van der Waals surface area contributed by atoms with Crippen LogP contribution in [-0.4, -0.2) is 13.6 Å². The van der Waals surface area contributed by atoms with E-state index in [9.17, 15) is 4.39 Å². The van der Waals surface area contributed by atoms with E-state index in [-0.39, 0.29) is 11.0 Å². The maximum absolute atomic E-state index is 13.4. The molecular weight excluding hydrogens is 203 g/mol. The number of halogens is 1. The van der Waals surface area contributed by atoms with E-state index in [1.165, 1.54) is 6.07 Å². The molecule has 0 unspecified atom stereocenters. The zero-order valence-electron chi connectivity index (χ0n) is 10.2. The molecule has 16 heavy (non-hydrogen) atoms. The highest BCUT2D eigenvalue weighted by atomic mass is 19.1. The third-order valence-electron chi connectivity index (χ3n) is 2.23. The van der Waals surface area contributed by atoms with Crippen molar-refractivity contribution in [2.45, 2.75) is 20.8 Å². The van der Waals surface area contributed by atoms with Gasteiger partial charge in [-0.1, -0.05) is 26.8 Å². The van der Waals surface area contributed by atoms with Crippen molar-refractivity contribution in [1.82, 2.24) is 0 Å².